The minimum Gasteiger partial charge on any atom is -0.334 e. The van der Waals surface area contributed by atoms with Crippen LogP contribution in [-0.2, 0) is 6.54 Å². The molecule has 0 bridgehead atoms. The molecule has 5 nitrogen and oxygen atoms in total. The number of benzene rings is 1. The van der Waals surface area contributed by atoms with Crippen molar-refractivity contribution in [1.29, 1.82) is 0 Å². The van der Waals surface area contributed by atoms with Crippen LogP contribution in [0.2, 0.25) is 0 Å². The van der Waals surface area contributed by atoms with Crippen LogP contribution < -0.4 is 16.4 Å². The lowest BCUT2D eigenvalue weighted by atomic mass is 10.2. The van der Waals surface area contributed by atoms with Gasteiger partial charge in [-0.3, -0.25) is 5.32 Å². The number of amides is 2. The van der Waals surface area contributed by atoms with E-state index in [1.165, 1.54) is 11.3 Å². The Kier molecular flexibility index (Phi) is 5.12. The number of nitrogens with one attached hydrogen (secondary N) is 2. The lowest BCUT2D eigenvalue weighted by Crippen LogP contribution is -2.28. The van der Waals surface area contributed by atoms with Crippen molar-refractivity contribution in [3.8, 4) is 11.8 Å². The summed E-state index contributed by atoms with van der Waals surface area (Å²) < 4.78 is 0. The first-order valence-electron chi connectivity index (χ1n) is 6.01. The molecule has 0 saturated heterocycles. The second-order valence-electron chi connectivity index (χ2n) is 3.83. The zero-order valence-corrected chi connectivity index (χ0v) is 11.5. The zero-order valence-electron chi connectivity index (χ0n) is 10.7. The first-order chi connectivity index (χ1) is 9.78. The summed E-state index contributed by atoms with van der Waals surface area (Å²) in [6, 6.07) is 9.40. The van der Waals surface area contributed by atoms with Gasteiger partial charge in [-0.2, -0.15) is 0 Å². The van der Waals surface area contributed by atoms with Gasteiger partial charge in [-0.25, -0.2) is 9.78 Å². The van der Waals surface area contributed by atoms with Gasteiger partial charge in [-0.1, -0.05) is 53.5 Å². The molecule has 0 spiro atoms. The number of nitrogens with two attached hydrogens (primary N) is 1. The number of anilines is 1. The number of hydrogen-bond donors (Lipinski definition) is 3. The summed E-state index contributed by atoms with van der Waals surface area (Å²) >= 11 is 1.31. The number of hydrogen-bond acceptors (Lipinski definition) is 4. The molecule has 0 aliphatic carbocycles. The van der Waals surface area contributed by atoms with Gasteiger partial charge in [-0.05, 0) is 5.56 Å². The fourth-order valence-electron chi connectivity index (χ4n) is 1.45. The van der Waals surface area contributed by atoms with E-state index in [0.717, 1.165) is 10.4 Å². The number of carbonyl (C=O) groups excluding carboxylic acids is 1. The predicted molar refractivity (Wildman–Crippen MR) is 80.3 cm³/mol. The lowest BCUT2D eigenvalue weighted by molar-refractivity contribution is 0.251. The van der Waals surface area contributed by atoms with Crippen molar-refractivity contribution in [3.05, 3.63) is 47.0 Å². The number of urea groups is 1. The Balaban J connectivity index is 1.84. The second kappa shape index (κ2) is 7.28. The summed E-state index contributed by atoms with van der Waals surface area (Å²) in [5.41, 5.74) is 6.33. The fraction of sp³-hybridized carbons (Fsp3) is 0.143. The standard InChI is InChI=1S/C14H14N4OS/c15-8-4-7-12-10-17-14(20-12)18-13(19)16-9-11-5-2-1-3-6-11/h1-3,5-6,10H,8-9,15H2,(H2,16,17,18,19). The average molecular weight is 286 g/mol. The average Bonchev–Trinajstić information content (AvgIpc) is 2.91. The highest BCUT2D eigenvalue weighted by molar-refractivity contribution is 7.16. The van der Waals surface area contributed by atoms with Gasteiger partial charge in [0.15, 0.2) is 5.13 Å². The Morgan fingerprint density at radius 2 is 2.15 bits per heavy atom. The summed E-state index contributed by atoms with van der Waals surface area (Å²) in [6.07, 6.45) is 1.61. The molecule has 0 radical (unpaired) electrons. The first-order valence-corrected chi connectivity index (χ1v) is 6.83. The van der Waals surface area contributed by atoms with Gasteiger partial charge in [0.1, 0.15) is 0 Å². The first kappa shape index (κ1) is 14.1. The minimum absolute atomic E-state index is 0.290. The van der Waals surface area contributed by atoms with E-state index in [-0.39, 0.29) is 6.03 Å². The highest BCUT2D eigenvalue weighted by Crippen LogP contribution is 2.16. The monoisotopic (exact) mass is 286 g/mol. The molecule has 6 heteroatoms. The quantitative estimate of drug-likeness (QED) is 0.752. The number of carbonyl (C=O) groups is 1. The minimum atomic E-state index is -0.290. The third kappa shape index (κ3) is 4.39. The van der Waals surface area contributed by atoms with Crippen LogP contribution in [0.4, 0.5) is 9.93 Å². The third-order valence-corrected chi connectivity index (χ3v) is 3.16. The van der Waals surface area contributed by atoms with Crippen molar-refractivity contribution in [3.63, 3.8) is 0 Å². The zero-order chi connectivity index (χ0) is 14.2. The molecule has 20 heavy (non-hydrogen) atoms. The summed E-state index contributed by atoms with van der Waals surface area (Å²) in [5, 5.41) is 5.94. The number of rotatable bonds is 3. The van der Waals surface area contributed by atoms with Crippen LogP contribution in [0.5, 0.6) is 0 Å². The Morgan fingerprint density at radius 3 is 2.90 bits per heavy atom. The van der Waals surface area contributed by atoms with Crippen molar-refractivity contribution in [2.45, 2.75) is 6.54 Å². The van der Waals surface area contributed by atoms with Crippen LogP contribution in [0.1, 0.15) is 10.4 Å². The molecule has 0 fully saturated rings. The van der Waals surface area contributed by atoms with E-state index in [2.05, 4.69) is 27.5 Å². The van der Waals surface area contributed by atoms with E-state index < -0.39 is 0 Å². The second-order valence-corrected chi connectivity index (χ2v) is 4.86. The van der Waals surface area contributed by atoms with Crippen LogP contribution in [0, 0.1) is 11.8 Å². The molecule has 0 saturated carbocycles. The van der Waals surface area contributed by atoms with E-state index in [1.54, 1.807) is 6.20 Å². The van der Waals surface area contributed by atoms with Crippen molar-refractivity contribution >= 4 is 22.5 Å². The molecule has 1 aromatic heterocycles. The highest BCUT2D eigenvalue weighted by Gasteiger charge is 2.05. The van der Waals surface area contributed by atoms with E-state index in [1.807, 2.05) is 30.3 Å². The van der Waals surface area contributed by atoms with Crippen LogP contribution in [-0.4, -0.2) is 17.6 Å². The molecule has 0 atom stereocenters. The summed E-state index contributed by atoms with van der Waals surface area (Å²) in [4.78, 5) is 16.5. The van der Waals surface area contributed by atoms with Gasteiger partial charge in [-0.15, -0.1) is 0 Å². The lowest BCUT2D eigenvalue weighted by Gasteiger charge is -2.04. The third-order valence-electron chi connectivity index (χ3n) is 2.34. The van der Waals surface area contributed by atoms with Crippen molar-refractivity contribution in [1.82, 2.24) is 10.3 Å². The Hall–Kier alpha value is -2.36. The van der Waals surface area contributed by atoms with Gasteiger partial charge in [0.2, 0.25) is 0 Å². The molecule has 4 N–H and O–H groups in total. The van der Waals surface area contributed by atoms with Crippen LogP contribution in [0.15, 0.2) is 36.5 Å². The smallest absolute Gasteiger partial charge is 0.321 e. The highest BCUT2D eigenvalue weighted by atomic mass is 32.1. The molecule has 1 heterocycles. The molecule has 0 aliphatic rings. The maximum absolute atomic E-state index is 11.7. The molecule has 0 unspecified atom stereocenters. The molecule has 2 amide bonds. The molecule has 2 aromatic rings. The van der Waals surface area contributed by atoms with E-state index in [0.29, 0.717) is 18.2 Å². The maximum atomic E-state index is 11.7. The van der Waals surface area contributed by atoms with Crippen LogP contribution in [0.3, 0.4) is 0 Å². The largest absolute Gasteiger partial charge is 0.334 e. The number of nitrogens with zero attached hydrogens (tertiary/aromatic N) is 1. The summed E-state index contributed by atoms with van der Waals surface area (Å²) in [6.45, 7) is 0.774. The predicted octanol–water partition coefficient (Wildman–Crippen LogP) is 1.77. The van der Waals surface area contributed by atoms with Gasteiger partial charge in [0.25, 0.3) is 0 Å². The van der Waals surface area contributed by atoms with E-state index in [4.69, 9.17) is 5.73 Å². The normalized spacial score (nSPS) is 9.45. The van der Waals surface area contributed by atoms with Gasteiger partial charge >= 0.3 is 6.03 Å². The Morgan fingerprint density at radius 1 is 1.35 bits per heavy atom. The van der Waals surface area contributed by atoms with E-state index >= 15 is 0 Å². The molecular weight excluding hydrogens is 272 g/mol. The maximum Gasteiger partial charge on any atom is 0.321 e. The molecule has 2 rings (SSSR count). The van der Waals surface area contributed by atoms with Crippen LogP contribution >= 0.6 is 11.3 Å². The van der Waals surface area contributed by atoms with Crippen molar-refractivity contribution in [2.75, 3.05) is 11.9 Å². The van der Waals surface area contributed by atoms with Gasteiger partial charge in [0, 0.05) is 6.54 Å². The number of thiazole rings is 1. The molecular formula is C14H14N4OS. The van der Waals surface area contributed by atoms with Crippen molar-refractivity contribution in [2.24, 2.45) is 5.73 Å². The topological polar surface area (TPSA) is 80.0 Å². The summed E-state index contributed by atoms with van der Waals surface area (Å²) in [5.74, 6) is 5.60. The van der Waals surface area contributed by atoms with E-state index in [9.17, 15) is 4.79 Å². The fourth-order valence-corrected chi connectivity index (χ4v) is 2.13. The van der Waals surface area contributed by atoms with Gasteiger partial charge < -0.3 is 11.1 Å². The Bertz CT molecular complexity index is 627. The SMILES string of the molecule is NCC#Cc1cnc(NC(=O)NCc2ccccc2)s1. The number of aromatic nitrogens is 1. The molecule has 1 aromatic carbocycles. The van der Waals surface area contributed by atoms with Crippen molar-refractivity contribution < 1.29 is 4.79 Å². The Labute approximate surface area is 121 Å². The molecule has 102 valence electrons. The van der Waals surface area contributed by atoms with Gasteiger partial charge in [0.05, 0.1) is 17.6 Å². The van der Waals surface area contributed by atoms with Crippen LogP contribution in [0.25, 0.3) is 0 Å². The molecule has 0 aliphatic heterocycles. The summed E-state index contributed by atoms with van der Waals surface area (Å²) in [7, 11) is 0.